The van der Waals surface area contributed by atoms with E-state index >= 15 is 0 Å². The third kappa shape index (κ3) is 15.7. The van der Waals surface area contributed by atoms with Crippen LogP contribution in [0, 0.1) is 27.7 Å². The van der Waals surface area contributed by atoms with Gasteiger partial charge in [-0.15, -0.1) is 5.10 Å². The minimum atomic E-state index is 0.0481. The zero-order valence-corrected chi connectivity index (χ0v) is 62.2. The molecule has 4 fully saturated rings. The van der Waals surface area contributed by atoms with Gasteiger partial charge in [0.15, 0.2) is 22.6 Å². The Hall–Kier alpha value is -10.4. The SMILES string of the molecule is Cc1ccc2cc1-c1cnc3ccc(nn13)NCCN1CCCC[C@H](C1)O2.Cc1ccc2cc1-c1cnn3ccc(nc13)NCCN1C[C@@H](CNC(C)(C)C1)O2.Cc1ccc2cc1-c1cnn3ccc(nc13)N[C@@H]1CCN(CCO2)C1.Cc1ccc2cc1-c1cnn3ccc(nc13)N[C@H]1CCCN(CCO2)C1. The fourth-order valence-corrected chi connectivity index (χ4v) is 16.2. The summed E-state index contributed by atoms with van der Waals surface area (Å²) in [5, 5.41) is 36.1. The lowest BCUT2D eigenvalue weighted by atomic mass is 10.0. The third-order valence-corrected chi connectivity index (χ3v) is 22.0. The highest BCUT2D eigenvalue weighted by Gasteiger charge is 2.31. The van der Waals surface area contributed by atoms with E-state index in [2.05, 4.69) is 175 Å². The number of ether oxygens (including phenoxy) is 4. The summed E-state index contributed by atoms with van der Waals surface area (Å²) in [6.45, 7) is 29.1. The first-order valence-corrected chi connectivity index (χ1v) is 38.3. The first-order valence-electron chi connectivity index (χ1n) is 38.3. The highest BCUT2D eigenvalue weighted by atomic mass is 16.5. The van der Waals surface area contributed by atoms with Crippen molar-refractivity contribution in [3.63, 3.8) is 0 Å². The summed E-state index contributed by atoms with van der Waals surface area (Å²) in [6, 6.07) is 36.1. The molecule has 0 spiro atoms. The van der Waals surface area contributed by atoms with Crippen molar-refractivity contribution in [3.05, 3.63) is 169 Å². The summed E-state index contributed by atoms with van der Waals surface area (Å²) in [4.78, 5) is 29.0. The molecule has 8 aliphatic heterocycles. The molecule has 107 heavy (non-hydrogen) atoms. The van der Waals surface area contributed by atoms with Gasteiger partial charge in [-0.1, -0.05) is 24.3 Å². The Labute approximate surface area is 624 Å². The second-order valence-electron chi connectivity index (χ2n) is 30.5. The molecule has 25 heteroatoms. The van der Waals surface area contributed by atoms with Crippen molar-refractivity contribution < 1.29 is 18.9 Å². The monoisotopic (exact) mass is 1440 g/mol. The van der Waals surface area contributed by atoms with Crippen LogP contribution in [0.2, 0.25) is 0 Å². The predicted octanol–water partition coefficient (Wildman–Crippen LogP) is 11.5. The molecule has 0 radical (unpaired) electrons. The Kier molecular flexibility index (Phi) is 19.8. The molecule has 554 valence electrons. The molecule has 25 nitrogen and oxygen atoms in total. The fourth-order valence-electron chi connectivity index (χ4n) is 16.2. The average Bonchev–Trinajstić information content (AvgIpc) is 1.69. The molecule has 4 aromatic carbocycles. The zero-order valence-electron chi connectivity index (χ0n) is 62.2. The van der Waals surface area contributed by atoms with E-state index in [1.807, 2.05) is 97.8 Å². The molecule has 0 saturated carbocycles. The van der Waals surface area contributed by atoms with Gasteiger partial charge in [-0.05, 0) is 211 Å². The topological polar surface area (TPSA) is 231 Å². The van der Waals surface area contributed by atoms with Gasteiger partial charge >= 0.3 is 0 Å². The first kappa shape index (κ1) is 69.6. The minimum absolute atomic E-state index is 0.0481. The smallest absolute Gasteiger partial charge is 0.165 e. The Bertz CT molecular complexity index is 5160. The maximum absolute atomic E-state index is 6.45. The number of rotatable bonds is 0. The second kappa shape index (κ2) is 30.4. The zero-order chi connectivity index (χ0) is 72.5. The minimum Gasteiger partial charge on any atom is -0.492 e. The highest BCUT2D eigenvalue weighted by Crippen LogP contribution is 2.37. The quantitative estimate of drug-likeness (QED) is 0.0950. The first-order chi connectivity index (χ1) is 52.2. The average molecular weight is 1440 g/mol. The Morgan fingerprint density at radius 1 is 0.430 bits per heavy atom. The number of nitrogens with one attached hydrogen (secondary N) is 5. The van der Waals surface area contributed by atoms with Crippen LogP contribution in [0.1, 0.15) is 74.6 Å². The molecule has 0 aliphatic carbocycles. The number of fused-ring (bicyclic) bond motifs is 24. The molecular weight excluding hydrogens is 1340 g/mol. The van der Waals surface area contributed by atoms with E-state index in [-0.39, 0.29) is 17.7 Å². The van der Waals surface area contributed by atoms with Gasteiger partial charge in [0, 0.05) is 144 Å². The normalized spacial score (nSPS) is 22.8. The molecule has 20 rings (SSSR count). The van der Waals surface area contributed by atoms with Gasteiger partial charge in [0.2, 0.25) is 0 Å². The summed E-state index contributed by atoms with van der Waals surface area (Å²) in [7, 11) is 0. The van der Waals surface area contributed by atoms with Gasteiger partial charge in [-0.3, -0.25) is 19.6 Å². The molecule has 8 aliphatic rings. The predicted molar refractivity (Wildman–Crippen MR) is 420 cm³/mol. The number of imidazole rings is 1. The van der Waals surface area contributed by atoms with E-state index in [4.69, 9.17) is 39.0 Å². The van der Waals surface area contributed by atoms with Gasteiger partial charge in [-0.2, -0.15) is 15.3 Å². The second-order valence-corrected chi connectivity index (χ2v) is 30.5. The van der Waals surface area contributed by atoms with E-state index in [1.54, 1.807) is 0 Å². The van der Waals surface area contributed by atoms with Crippen molar-refractivity contribution in [3.8, 4) is 67.6 Å². The summed E-state index contributed by atoms with van der Waals surface area (Å²) >= 11 is 0. The molecule has 12 aromatic rings. The van der Waals surface area contributed by atoms with E-state index < -0.39 is 0 Å². The molecule has 5 N–H and O–H groups in total. The molecule has 4 unspecified atom stereocenters. The van der Waals surface area contributed by atoms with Crippen molar-refractivity contribution >= 4 is 45.9 Å². The van der Waals surface area contributed by atoms with Crippen molar-refractivity contribution in [1.82, 2.24) is 83.3 Å². The van der Waals surface area contributed by atoms with Crippen LogP contribution in [0.3, 0.4) is 0 Å². The van der Waals surface area contributed by atoms with Crippen LogP contribution in [0.25, 0.3) is 67.2 Å². The fraction of sp³-hybridized carbons (Fsp3) is 0.415. The van der Waals surface area contributed by atoms with Crippen LogP contribution in [-0.4, -0.2) is 219 Å². The number of nitrogens with zero attached hydrogens (tertiary/aromatic N) is 16. The van der Waals surface area contributed by atoms with Gasteiger partial charge in [-0.25, -0.2) is 38.0 Å². The lowest BCUT2D eigenvalue weighted by molar-refractivity contribution is 0.144. The molecular formula is C82H97N21O4. The number of aromatic nitrogens is 12. The number of hydrogen-bond donors (Lipinski definition) is 5. The van der Waals surface area contributed by atoms with Crippen LogP contribution < -0.4 is 45.5 Å². The molecule has 8 aromatic heterocycles. The van der Waals surface area contributed by atoms with Gasteiger partial charge in [0.1, 0.15) is 71.7 Å². The summed E-state index contributed by atoms with van der Waals surface area (Å²) < 4.78 is 32.4. The van der Waals surface area contributed by atoms with E-state index in [1.165, 1.54) is 47.9 Å². The lowest BCUT2D eigenvalue weighted by Crippen LogP contribution is -2.47. The largest absolute Gasteiger partial charge is 0.492 e. The summed E-state index contributed by atoms with van der Waals surface area (Å²) in [5.74, 6) is 7.25. The summed E-state index contributed by atoms with van der Waals surface area (Å²) in [5.41, 5.74) is 16.8. The maximum Gasteiger partial charge on any atom is 0.165 e. The van der Waals surface area contributed by atoms with Crippen molar-refractivity contribution in [2.24, 2.45) is 0 Å². The van der Waals surface area contributed by atoms with Crippen LogP contribution in [0.15, 0.2) is 147 Å². The number of hydrogen-bond acceptors (Lipinski definition) is 21. The molecule has 8 atom stereocenters. The van der Waals surface area contributed by atoms with Gasteiger partial charge in [0.25, 0.3) is 0 Å². The maximum atomic E-state index is 6.45. The Morgan fingerprint density at radius 2 is 0.935 bits per heavy atom. The van der Waals surface area contributed by atoms with E-state index in [0.29, 0.717) is 25.3 Å². The number of aryl methyl sites for hydroxylation is 4. The number of piperidine rings is 1. The van der Waals surface area contributed by atoms with Crippen LogP contribution in [0.4, 0.5) is 23.3 Å². The van der Waals surface area contributed by atoms with Crippen LogP contribution in [-0.2, 0) is 0 Å². The van der Waals surface area contributed by atoms with Gasteiger partial charge in [0.05, 0.1) is 30.5 Å². The Balaban J connectivity index is 0.000000105. The standard InChI is InChI=1S/C22H28N6O.C21H25N5O.C20H23N5O.C19H21N5O/c1-15-4-5-16-10-18(15)19-12-25-28-8-6-20(26-21(19)28)23-7-9-27-13-17(29-16)11-24-22(2,3)14-27;1-15-5-6-16-12-18(15)19-13-23-21-8-7-20(24-26(19)21)22-9-11-25-10-3-2-4-17(14-25)27-16;1-14-4-5-16-11-17(14)18-12-21-25-8-6-19(23-20(18)25)22-15-3-2-7-24(13-15)9-10-26-16;1-13-2-3-15-10-16(13)17-11-20-24-7-5-18(22-19(17)24)21-14-4-6-23(12-14)8-9-25-15/h4-6,8,10,12,17,24H,7,9,11,13-14H2,1-3H3,(H,23,26);5-8,12-13,17H,2-4,9-11,14H2,1H3,(H,22,24);4-6,8,11-12,15H,2-3,7,9-10,13H2,1H3,(H,22,23);2-3,5,7,10-11,14H,4,6,8-9,12H2,1H3,(H,21,22)/t2*17-;15-;14-/m1101/s1. The highest BCUT2D eigenvalue weighted by molar-refractivity contribution is 5.83. The number of anilines is 4. The Morgan fingerprint density at radius 3 is 1.57 bits per heavy atom. The van der Waals surface area contributed by atoms with E-state index in [9.17, 15) is 0 Å². The van der Waals surface area contributed by atoms with Crippen LogP contribution in [0.5, 0.6) is 23.0 Å². The molecule has 0 amide bonds. The van der Waals surface area contributed by atoms with Crippen molar-refractivity contribution in [2.45, 2.75) is 110 Å². The molecule has 4 saturated heterocycles. The van der Waals surface area contributed by atoms with Gasteiger partial charge < -0.3 is 45.5 Å². The molecule has 24 bridgehead atoms. The third-order valence-electron chi connectivity index (χ3n) is 22.0. The number of benzene rings is 4. The van der Waals surface area contributed by atoms with E-state index in [0.717, 1.165) is 225 Å². The van der Waals surface area contributed by atoms with Crippen molar-refractivity contribution in [1.29, 1.82) is 0 Å². The lowest BCUT2D eigenvalue weighted by Gasteiger charge is -2.33. The van der Waals surface area contributed by atoms with Crippen LogP contribution >= 0.6 is 0 Å². The molecule has 16 heterocycles. The summed E-state index contributed by atoms with van der Waals surface area (Å²) in [6.07, 6.45) is 20.9. The van der Waals surface area contributed by atoms with Crippen molar-refractivity contribution in [2.75, 3.05) is 133 Å².